The van der Waals surface area contributed by atoms with Crippen molar-refractivity contribution in [3.63, 3.8) is 0 Å². The molecule has 0 saturated carbocycles. The lowest BCUT2D eigenvalue weighted by atomic mass is 10.1. The minimum absolute atomic E-state index is 0.0405. The molecule has 2 aromatic rings. The first-order valence-electron chi connectivity index (χ1n) is 5.43. The molecule has 0 fully saturated rings. The van der Waals surface area contributed by atoms with Crippen LogP contribution in [-0.4, -0.2) is 20.8 Å². The number of ether oxygens (including phenoxy) is 1. The van der Waals surface area contributed by atoms with Gasteiger partial charge in [0.15, 0.2) is 0 Å². The van der Waals surface area contributed by atoms with Crippen LogP contribution in [0.5, 0.6) is 11.5 Å². The lowest BCUT2D eigenvalue weighted by Gasteiger charge is -2.24. The van der Waals surface area contributed by atoms with Crippen LogP contribution >= 0.6 is 0 Å². The Kier molecular flexibility index (Phi) is 2.14. The maximum Gasteiger partial charge on any atom is 0.136 e. The predicted molar refractivity (Wildman–Crippen MR) is 64.6 cm³/mol. The molecule has 4 nitrogen and oxygen atoms in total. The second kappa shape index (κ2) is 3.66. The molecule has 0 radical (unpaired) electrons. The van der Waals surface area contributed by atoms with E-state index in [1.165, 1.54) is 0 Å². The maximum atomic E-state index is 9.47. The van der Waals surface area contributed by atoms with Crippen molar-refractivity contribution in [1.29, 1.82) is 0 Å². The van der Waals surface area contributed by atoms with Gasteiger partial charge in [-0.15, -0.1) is 0 Å². The van der Waals surface area contributed by atoms with E-state index in [0.717, 1.165) is 17.0 Å². The first-order chi connectivity index (χ1) is 8.24. The lowest BCUT2D eigenvalue weighted by molar-refractivity contribution is 0.268. The van der Waals surface area contributed by atoms with Gasteiger partial charge in [-0.05, 0) is 31.2 Å². The third-order valence-corrected chi connectivity index (χ3v) is 2.82. The zero-order valence-electron chi connectivity index (χ0n) is 9.37. The number of phenolic OH excluding ortho intramolecular Hbond substituents is 1. The molecule has 1 aromatic carbocycles. The number of imidazole rings is 1. The highest BCUT2D eigenvalue weighted by Crippen LogP contribution is 2.33. The van der Waals surface area contributed by atoms with E-state index in [-0.39, 0.29) is 11.9 Å². The number of hydrogen-bond acceptors (Lipinski definition) is 3. The molecule has 0 aliphatic carbocycles. The largest absolute Gasteiger partial charge is 0.508 e. The van der Waals surface area contributed by atoms with Crippen LogP contribution in [0.1, 0.15) is 12.5 Å². The van der Waals surface area contributed by atoms with Crippen molar-refractivity contribution in [2.75, 3.05) is 0 Å². The average molecular weight is 228 g/mol. The lowest BCUT2D eigenvalue weighted by Crippen LogP contribution is -2.20. The second-order valence-electron chi connectivity index (χ2n) is 4.02. The Morgan fingerprint density at radius 3 is 3.06 bits per heavy atom. The van der Waals surface area contributed by atoms with Crippen molar-refractivity contribution in [2.45, 2.75) is 13.0 Å². The SMILES string of the molecule is CC1Oc2ccc(O)cc2C=C1n1ccnc1. The summed E-state index contributed by atoms with van der Waals surface area (Å²) in [6.45, 7) is 1.99. The number of benzene rings is 1. The number of phenols is 1. The van der Waals surface area contributed by atoms with E-state index in [4.69, 9.17) is 4.74 Å². The Labute approximate surface area is 98.8 Å². The van der Waals surface area contributed by atoms with Crippen molar-refractivity contribution in [2.24, 2.45) is 0 Å². The minimum Gasteiger partial charge on any atom is -0.508 e. The van der Waals surface area contributed by atoms with E-state index in [9.17, 15) is 5.11 Å². The third-order valence-electron chi connectivity index (χ3n) is 2.82. The molecule has 1 aromatic heterocycles. The molecule has 0 spiro atoms. The highest BCUT2D eigenvalue weighted by molar-refractivity contribution is 5.78. The summed E-state index contributed by atoms with van der Waals surface area (Å²) >= 11 is 0. The van der Waals surface area contributed by atoms with Crippen molar-refractivity contribution in [3.05, 3.63) is 42.5 Å². The van der Waals surface area contributed by atoms with E-state index < -0.39 is 0 Å². The minimum atomic E-state index is -0.0405. The molecule has 0 saturated heterocycles. The average Bonchev–Trinajstić information content (AvgIpc) is 2.82. The van der Waals surface area contributed by atoms with E-state index in [2.05, 4.69) is 4.98 Å². The first-order valence-corrected chi connectivity index (χ1v) is 5.43. The molecule has 17 heavy (non-hydrogen) atoms. The molecule has 1 aliphatic rings. The van der Waals surface area contributed by atoms with Crippen molar-refractivity contribution < 1.29 is 9.84 Å². The number of aromatic hydroxyl groups is 1. The van der Waals surface area contributed by atoms with Gasteiger partial charge in [-0.3, -0.25) is 0 Å². The van der Waals surface area contributed by atoms with Gasteiger partial charge in [-0.25, -0.2) is 4.98 Å². The summed E-state index contributed by atoms with van der Waals surface area (Å²) in [6, 6.07) is 5.10. The molecule has 3 rings (SSSR count). The van der Waals surface area contributed by atoms with Gasteiger partial charge < -0.3 is 14.4 Å². The fourth-order valence-corrected chi connectivity index (χ4v) is 1.98. The van der Waals surface area contributed by atoms with E-state index in [1.54, 1.807) is 30.7 Å². The van der Waals surface area contributed by atoms with Gasteiger partial charge in [0.25, 0.3) is 0 Å². The van der Waals surface area contributed by atoms with Gasteiger partial charge in [0, 0.05) is 18.0 Å². The molecular weight excluding hydrogens is 216 g/mol. The van der Waals surface area contributed by atoms with Crippen LogP contribution in [0.2, 0.25) is 0 Å². The number of fused-ring (bicyclic) bond motifs is 1. The van der Waals surface area contributed by atoms with Crippen LogP contribution in [0.4, 0.5) is 0 Å². The van der Waals surface area contributed by atoms with Crippen LogP contribution in [0, 0.1) is 0 Å². The Morgan fingerprint density at radius 2 is 2.29 bits per heavy atom. The smallest absolute Gasteiger partial charge is 0.136 e. The van der Waals surface area contributed by atoms with Gasteiger partial charge in [-0.2, -0.15) is 0 Å². The third kappa shape index (κ3) is 1.67. The Morgan fingerprint density at radius 1 is 1.41 bits per heavy atom. The molecule has 1 unspecified atom stereocenters. The summed E-state index contributed by atoms with van der Waals surface area (Å²) in [4.78, 5) is 4.02. The quantitative estimate of drug-likeness (QED) is 0.815. The summed E-state index contributed by atoms with van der Waals surface area (Å²) in [5.41, 5.74) is 1.88. The number of nitrogens with zero attached hydrogens (tertiary/aromatic N) is 2. The van der Waals surface area contributed by atoms with Gasteiger partial charge in [-0.1, -0.05) is 0 Å². The molecule has 1 aliphatic heterocycles. The normalized spacial score (nSPS) is 18.2. The highest BCUT2D eigenvalue weighted by Gasteiger charge is 2.19. The Bertz CT molecular complexity index is 573. The number of rotatable bonds is 1. The maximum absolute atomic E-state index is 9.47. The summed E-state index contributed by atoms with van der Waals surface area (Å²) in [6.07, 6.45) is 7.30. The molecule has 0 amide bonds. The molecule has 1 atom stereocenters. The van der Waals surface area contributed by atoms with Crippen molar-refractivity contribution >= 4 is 11.8 Å². The Balaban J connectivity index is 2.11. The Hall–Kier alpha value is -2.23. The first kappa shape index (κ1) is 9.96. The second-order valence-corrected chi connectivity index (χ2v) is 4.02. The standard InChI is InChI=1S/C13H12N2O2/c1-9-12(15-5-4-14-8-15)7-10-6-11(16)2-3-13(10)17-9/h2-9,16H,1H3. The molecule has 4 heteroatoms. The molecular formula is C13H12N2O2. The topological polar surface area (TPSA) is 47.3 Å². The van der Waals surface area contributed by atoms with Gasteiger partial charge in [0.05, 0.1) is 12.0 Å². The van der Waals surface area contributed by atoms with Crippen LogP contribution in [0.25, 0.3) is 11.8 Å². The van der Waals surface area contributed by atoms with Crippen molar-refractivity contribution in [3.8, 4) is 11.5 Å². The van der Waals surface area contributed by atoms with Crippen LogP contribution in [-0.2, 0) is 0 Å². The summed E-state index contributed by atoms with van der Waals surface area (Å²) in [5, 5.41) is 9.47. The summed E-state index contributed by atoms with van der Waals surface area (Å²) in [5.74, 6) is 1.03. The molecule has 86 valence electrons. The monoisotopic (exact) mass is 228 g/mol. The van der Waals surface area contributed by atoms with Crippen molar-refractivity contribution in [1.82, 2.24) is 9.55 Å². The van der Waals surface area contributed by atoms with Gasteiger partial charge in [0.2, 0.25) is 0 Å². The fraction of sp³-hybridized carbons (Fsp3) is 0.154. The predicted octanol–water partition coefficient (Wildman–Crippen LogP) is 2.37. The molecule has 1 N–H and O–H groups in total. The zero-order chi connectivity index (χ0) is 11.8. The summed E-state index contributed by atoms with van der Waals surface area (Å²) < 4.78 is 7.71. The molecule has 2 heterocycles. The number of hydrogen-bond donors (Lipinski definition) is 1. The zero-order valence-corrected chi connectivity index (χ0v) is 9.37. The van der Waals surface area contributed by atoms with E-state index >= 15 is 0 Å². The summed E-state index contributed by atoms with van der Waals surface area (Å²) in [7, 11) is 0. The highest BCUT2D eigenvalue weighted by atomic mass is 16.5. The van der Waals surface area contributed by atoms with E-state index in [0.29, 0.717) is 0 Å². The van der Waals surface area contributed by atoms with E-state index in [1.807, 2.05) is 23.8 Å². The van der Waals surface area contributed by atoms with Crippen LogP contribution in [0.3, 0.4) is 0 Å². The molecule has 0 bridgehead atoms. The van der Waals surface area contributed by atoms with Crippen LogP contribution in [0.15, 0.2) is 36.9 Å². The fourth-order valence-electron chi connectivity index (χ4n) is 1.98. The van der Waals surface area contributed by atoms with Gasteiger partial charge >= 0.3 is 0 Å². The number of aromatic nitrogens is 2. The van der Waals surface area contributed by atoms with Gasteiger partial charge in [0.1, 0.15) is 17.6 Å². The van der Waals surface area contributed by atoms with Crippen LogP contribution < -0.4 is 4.74 Å².